The van der Waals surface area contributed by atoms with Gasteiger partial charge in [0.05, 0.1) is 12.2 Å². The Morgan fingerprint density at radius 3 is 2.78 bits per heavy atom. The molecule has 0 radical (unpaired) electrons. The van der Waals surface area contributed by atoms with Crippen molar-refractivity contribution in [3.05, 3.63) is 82.3 Å². The van der Waals surface area contributed by atoms with E-state index >= 15 is 0 Å². The standard InChI is InChI=1S/C23H25N7O2/c24-17-6-9-28(10-7-17)13-16-4-5-20-26-18(15-29(20)14-16)12-25-23(32)19-11-22(31)30-8-2-1-3-21(30)27-19/h1-5,8,11,14-15,17H,6-7,9-10,12-13,24H2,(H,25,32). The number of carbonyl (C=O) groups is 1. The molecule has 0 bridgehead atoms. The molecule has 1 saturated heterocycles. The molecular weight excluding hydrogens is 406 g/mol. The third-order valence-electron chi connectivity index (χ3n) is 5.83. The van der Waals surface area contributed by atoms with Crippen LogP contribution < -0.4 is 16.6 Å². The first kappa shape index (κ1) is 20.3. The maximum atomic E-state index is 12.6. The Hall–Kier alpha value is -3.56. The minimum Gasteiger partial charge on any atom is -0.345 e. The molecule has 4 aromatic rings. The van der Waals surface area contributed by atoms with Gasteiger partial charge in [0.1, 0.15) is 17.0 Å². The molecule has 1 aliphatic rings. The molecule has 5 rings (SSSR count). The summed E-state index contributed by atoms with van der Waals surface area (Å²) >= 11 is 0. The van der Waals surface area contributed by atoms with Crippen LogP contribution in [0.4, 0.5) is 0 Å². The highest BCUT2D eigenvalue weighted by molar-refractivity contribution is 5.92. The number of nitrogens with two attached hydrogens (primary N) is 1. The highest BCUT2D eigenvalue weighted by atomic mass is 16.2. The van der Waals surface area contributed by atoms with Crippen LogP contribution in [0.3, 0.4) is 0 Å². The molecule has 1 fully saturated rings. The highest BCUT2D eigenvalue weighted by Gasteiger charge is 2.16. The van der Waals surface area contributed by atoms with Crippen LogP contribution in [-0.2, 0) is 13.1 Å². The average Bonchev–Trinajstić information content (AvgIpc) is 3.21. The Labute approximate surface area is 184 Å². The fourth-order valence-corrected chi connectivity index (χ4v) is 4.07. The maximum Gasteiger partial charge on any atom is 0.270 e. The number of carbonyl (C=O) groups excluding carboxylic acids is 1. The van der Waals surface area contributed by atoms with Crippen molar-refractivity contribution in [1.29, 1.82) is 0 Å². The van der Waals surface area contributed by atoms with Gasteiger partial charge in [-0.1, -0.05) is 12.1 Å². The SMILES string of the molecule is NC1CCN(Cc2ccc3nc(CNC(=O)c4cc(=O)n5ccccc5n4)cn3c2)CC1. The molecule has 1 aliphatic heterocycles. The Morgan fingerprint density at radius 2 is 1.94 bits per heavy atom. The third-order valence-corrected chi connectivity index (χ3v) is 5.83. The summed E-state index contributed by atoms with van der Waals surface area (Å²) in [5, 5.41) is 2.81. The van der Waals surface area contributed by atoms with Crippen molar-refractivity contribution in [2.45, 2.75) is 32.0 Å². The first-order valence-electron chi connectivity index (χ1n) is 10.8. The lowest BCUT2D eigenvalue weighted by molar-refractivity contribution is 0.0945. The molecule has 164 valence electrons. The first-order chi connectivity index (χ1) is 15.5. The van der Waals surface area contributed by atoms with E-state index in [9.17, 15) is 9.59 Å². The minimum absolute atomic E-state index is 0.0912. The van der Waals surface area contributed by atoms with Gasteiger partial charge >= 0.3 is 0 Å². The molecule has 5 heterocycles. The Bertz CT molecular complexity index is 1340. The van der Waals surface area contributed by atoms with E-state index in [1.807, 2.05) is 16.7 Å². The summed E-state index contributed by atoms with van der Waals surface area (Å²) in [4.78, 5) is 36.0. The first-order valence-corrected chi connectivity index (χ1v) is 10.8. The van der Waals surface area contributed by atoms with Crippen LogP contribution in [0.2, 0.25) is 0 Å². The van der Waals surface area contributed by atoms with Gasteiger partial charge in [0.25, 0.3) is 11.5 Å². The van der Waals surface area contributed by atoms with Crippen molar-refractivity contribution in [1.82, 2.24) is 29.0 Å². The van der Waals surface area contributed by atoms with Crippen LogP contribution in [0, 0.1) is 0 Å². The summed E-state index contributed by atoms with van der Waals surface area (Å²) in [6.07, 6.45) is 7.69. The zero-order chi connectivity index (χ0) is 22.1. The van der Waals surface area contributed by atoms with Gasteiger partial charge in [0, 0.05) is 37.2 Å². The van der Waals surface area contributed by atoms with Crippen molar-refractivity contribution in [3.63, 3.8) is 0 Å². The minimum atomic E-state index is -0.408. The van der Waals surface area contributed by atoms with E-state index in [1.54, 1.807) is 24.4 Å². The summed E-state index contributed by atoms with van der Waals surface area (Å²) in [6, 6.07) is 10.8. The molecule has 0 aliphatic carbocycles. The van der Waals surface area contributed by atoms with Crippen LogP contribution in [0.5, 0.6) is 0 Å². The maximum absolute atomic E-state index is 12.6. The Morgan fingerprint density at radius 1 is 1.09 bits per heavy atom. The number of nitrogens with one attached hydrogen (secondary N) is 1. The Balaban J connectivity index is 1.26. The zero-order valence-corrected chi connectivity index (χ0v) is 17.6. The Kier molecular flexibility index (Phi) is 5.42. The molecule has 4 aromatic heterocycles. The number of pyridine rings is 2. The van der Waals surface area contributed by atoms with Gasteiger partial charge in [0.2, 0.25) is 0 Å². The van der Waals surface area contributed by atoms with E-state index in [4.69, 9.17) is 5.73 Å². The van der Waals surface area contributed by atoms with Gasteiger partial charge in [-0.2, -0.15) is 0 Å². The van der Waals surface area contributed by atoms with Crippen molar-refractivity contribution < 1.29 is 4.79 Å². The van der Waals surface area contributed by atoms with Crippen molar-refractivity contribution in [2.24, 2.45) is 5.73 Å². The van der Waals surface area contributed by atoms with Crippen molar-refractivity contribution in [3.8, 4) is 0 Å². The topological polar surface area (TPSA) is 110 Å². The largest absolute Gasteiger partial charge is 0.345 e. The van der Waals surface area contributed by atoms with Crippen LogP contribution in [-0.4, -0.2) is 48.7 Å². The van der Waals surface area contributed by atoms with E-state index in [0.717, 1.165) is 43.8 Å². The van der Waals surface area contributed by atoms with Gasteiger partial charge in [0.15, 0.2) is 0 Å². The van der Waals surface area contributed by atoms with Crippen molar-refractivity contribution >= 4 is 17.2 Å². The number of amides is 1. The van der Waals surface area contributed by atoms with Gasteiger partial charge < -0.3 is 15.5 Å². The predicted molar refractivity (Wildman–Crippen MR) is 120 cm³/mol. The van der Waals surface area contributed by atoms with Crippen LogP contribution in [0.1, 0.15) is 34.6 Å². The molecule has 9 nitrogen and oxygen atoms in total. The molecule has 0 aromatic carbocycles. The van der Waals surface area contributed by atoms with Gasteiger partial charge in [-0.3, -0.25) is 18.9 Å². The molecule has 32 heavy (non-hydrogen) atoms. The number of hydrogen-bond donors (Lipinski definition) is 2. The number of hydrogen-bond acceptors (Lipinski definition) is 6. The molecule has 0 atom stereocenters. The molecule has 1 amide bonds. The van der Waals surface area contributed by atoms with Gasteiger partial charge in [-0.05, 0) is 49.7 Å². The van der Waals surface area contributed by atoms with E-state index < -0.39 is 5.91 Å². The molecule has 0 unspecified atom stereocenters. The van der Waals surface area contributed by atoms with Gasteiger partial charge in [-0.15, -0.1) is 0 Å². The number of fused-ring (bicyclic) bond motifs is 2. The summed E-state index contributed by atoms with van der Waals surface area (Å²) in [6.45, 7) is 3.17. The third kappa shape index (κ3) is 4.25. The van der Waals surface area contributed by atoms with Gasteiger partial charge in [-0.25, -0.2) is 9.97 Å². The summed E-state index contributed by atoms with van der Waals surface area (Å²) in [5.41, 5.74) is 8.99. The second-order valence-corrected chi connectivity index (χ2v) is 8.24. The lowest BCUT2D eigenvalue weighted by Crippen LogP contribution is -2.39. The van der Waals surface area contributed by atoms with E-state index in [2.05, 4.69) is 32.4 Å². The monoisotopic (exact) mass is 431 g/mol. The summed E-state index contributed by atoms with van der Waals surface area (Å²) in [5.74, 6) is -0.408. The van der Waals surface area contributed by atoms with E-state index in [-0.39, 0.29) is 17.8 Å². The van der Waals surface area contributed by atoms with Crippen LogP contribution >= 0.6 is 0 Å². The lowest BCUT2D eigenvalue weighted by Gasteiger charge is -2.30. The molecule has 0 spiro atoms. The zero-order valence-electron chi connectivity index (χ0n) is 17.6. The van der Waals surface area contributed by atoms with E-state index in [1.165, 1.54) is 16.0 Å². The smallest absolute Gasteiger partial charge is 0.270 e. The summed E-state index contributed by atoms with van der Waals surface area (Å²) < 4.78 is 3.38. The van der Waals surface area contributed by atoms with E-state index in [0.29, 0.717) is 11.7 Å². The molecule has 9 heteroatoms. The average molecular weight is 432 g/mol. The number of nitrogens with zero attached hydrogens (tertiary/aromatic N) is 5. The molecule has 3 N–H and O–H groups in total. The molecular formula is C23H25N7O2. The fourth-order valence-electron chi connectivity index (χ4n) is 4.07. The fraction of sp³-hybridized carbons (Fsp3) is 0.304. The predicted octanol–water partition coefficient (Wildman–Crippen LogP) is 1.20. The number of imidazole rings is 1. The summed E-state index contributed by atoms with van der Waals surface area (Å²) in [7, 11) is 0. The van der Waals surface area contributed by atoms with Crippen LogP contribution in [0.25, 0.3) is 11.3 Å². The normalized spacial score (nSPS) is 15.4. The number of likely N-dealkylation sites (tertiary alicyclic amines) is 1. The second-order valence-electron chi connectivity index (χ2n) is 8.24. The number of piperidine rings is 1. The highest BCUT2D eigenvalue weighted by Crippen LogP contribution is 2.14. The van der Waals surface area contributed by atoms with Crippen molar-refractivity contribution in [2.75, 3.05) is 13.1 Å². The molecule has 0 saturated carbocycles. The number of rotatable bonds is 5. The quantitative estimate of drug-likeness (QED) is 0.491. The second kappa shape index (κ2) is 8.52. The number of aromatic nitrogens is 4. The lowest BCUT2D eigenvalue weighted by atomic mass is 10.1. The van der Waals surface area contributed by atoms with Crippen LogP contribution in [0.15, 0.2) is 59.8 Å².